The summed E-state index contributed by atoms with van der Waals surface area (Å²) in [6, 6.07) is -3.18. The summed E-state index contributed by atoms with van der Waals surface area (Å²) in [4.78, 5) is 24.1. The van der Waals surface area contributed by atoms with Gasteiger partial charge >= 0.3 is 0 Å². The predicted octanol–water partition coefficient (Wildman–Crippen LogP) is -11.6. The minimum atomic E-state index is -2.05. The van der Waals surface area contributed by atoms with Crippen LogP contribution in [0.25, 0.3) is 0 Å². The third-order valence-corrected chi connectivity index (χ3v) is 11.1. The van der Waals surface area contributed by atoms with Crippen molar-refractivity contribution in [1.82, 2.24) is 10.6 Å². The Labute approximate surface area is 351 Å². The molecule has 0 saturated carbocycles. The molecule has 5 rings (SSSR count). The highest BCUT2D eigenvalue weighted by atomic mass is 16.8. The van der Waals surface area contributed by atoms with E-state index < -0.39 is 198 Å². The van der Waals surface area contributed by atoms with Crippen LogP contribution in [0, 0.1) is 0 Å². The maximum absolute atomic E-state index is 12.4. The molecule has 0 bridgehead atoms. The van der Waals surface area contributed by atoms with Crippen molar-refractivity contribution >= 4 is 11.8 Å². The molecule has 5 aliphatic heterocycles. The minimum Gasteiger partial charge on any atom is -0.394 e. The number of carbonyl (C=O) groups excluding carboxylic acids is 2. The topological polar surface area (TPSA) is 445 Å². The van der Waals surface area contributed by atoms with Crippen LogP contribution in [0.1, 0.15) is 13.8 Å². The molecule has 0 spiro atoms. The van der Waals surface area contributed by atoms with Crippen molar-refractivity contribution < 1.29 is 129 Å². The zero-order valence-corrected chi connectivity index (χ0v) is 33.2. The van der Waals surface area contributed by atoms with Gasteiger partial charge in [0.05, 0.1) is 33.0 Å². The molecular formula is C34H58N2O26. The van der Waals surface area contributed by atoms with E-state index in [1.807, 2.05) is 0 Å². The lowest BCUT2D eigenvalue weighted by atomic mass is 9.94. The second-order valence-electron chi connectivity index (χ2n) is 15.5. The molecule has 0 radical (unpaired) electrons. The number of aliphatic hydroxyl groups excluding tert-OH is 15. The van der Waals surface area contributed by atoms with Crippen LogP contribution in [-0.4, -0.2) is 275 Å². The predicted molar refractivity (Wildman–Crippen MR) is 190 cm³/mol. The second kappa shape index (κ2) is 22.0. The standard InChI is InChI=1S/C34H58N2O26/c1-8(41)35-15-20(46)27(12(5-39)55-30(15)53)60-33-26(52)23(49)19(45)14(59-33)7-54-34-29(24(50)18(44)11(4-38)57-34)62-31-16(36-9(2)42)21(47)28(13(6-40)58-31)61-32-25(51)22(48)17(43)10(3-37)56-32/h10-34,37-40,43-53H,3-7H2,1-2H3,(H,35,41)(H,36,42)/t10-,11-,12-,13-,14-,15-,16-,17+,18-,19-,20-,21-,22+,23+,24+,25-,26+,27-,28-,29+,30-,31+,32+,33+,34+/m1/s1. The van der Waals surface area contributed by atoms with E-state index in [0.29, 0.717) is 0 Å². The first-order valence-corrected chi connectivity index (χ1v) is 19.6. The quantitative estimate of drug-likeness (QED) is 0.0725. The Morgan fingerprint density at radius 3 is 1.31 bits per heavy atom. The molecule has 5 saturated heterocycles. The van der Waals surface area contributed by atoms with Crippen molar-refractivity contribution in [2.75, 3.05) is 33.0 Å². The van der Waals surface area contributed by atoms with Gasteiger partial charge in [0.1, 0.15) is 122 Å². The van der Waals surface area contributed by atoms with Gasteiger partial charge in [-0.15, -0.1) is 0 Å². The van der Waals surface area contributed by atoms with E-state index in [2.05, 4.69) is 10.6 Å². The summed E-state index contributed by atoms with van der Waals surface area (Å²) in [7, 11) is 0. The number of amides is 2. The van der Waals surface area contributed by atoms with Crippen LogP contribution in [0.2, 0.25) is 0 Å². The van der Waals surface area contributed by atoms with Crippen LogP contribution in [0.4, 0.5) is 0 Å². The second-order valence-corrected chi connectivity index (χ2v) is 15.5. The molecule has 0 aromatic rings. The summed E-state index contributed by atoms with van der Waals surface area (Å²) in [5.74, 6) is -1.49. The van der Waals surface area contributed by atoms with Crippen molar-refractivity contribution in [3.05, 3.63) is 0 Å². The Hall–Kier alpha value is -2.02. The van der Waals surface area contributed by atoms with Crippen molar-refractivity contribution in [3.63, 3.8) is 0 Å². The molecule has 0 unspecified atom stereocenters. The van der Waals surface area contributed by atoms with Gasteiger partial charge in [-0.05, 0) is 0 Å². The number of hydrogen-bond donors (Lipinski definition) is 17. The zero-order chi connectivity index (χ0) is 45.9. The third kappa shape index (κ3) is 11.0. The fourth-order valence-electron chi connectivity index (χ4n) is 7.72. The van der Waals surface area contributed by atoms with Gasteiger partial charge in [0.2, 0.25) is 11.8 Å². The number of nitrogens with one attached hydrogen (secondary N) is 2. The van der Waals surface area contributed by atoms with Gasteiger partial charge in [0.25, 0.3) is 0 Å². The van der Waals surface area contributed by atoms with Gasteiger partial charge in [-0.1, -0.05) is 0 Å². The third-order valence-electron chi connectivity index (χ3n) is 11.1. The van der Waals surface area contributed by atoms with Crippen molar-refractivity contribution in [1.29, 1.82) is 0 Å². The monoisotopic (exact) mass is 910 g/mol. The molecule has 28 heteroatoms. The van der Waals surface area contributed by atoms with Gasteiger partial charge in [0.15, 0.2) is 31.5 Å². The van der Waals surface area contributed by atoms with Gasteiger partial charge in [0, 0.05) is 13.8 Å². The minimum absolute atomic E-state index is 0.689. The summed E-state index contributed by atoms with van der Waals surface area (Å²) in [5.41, 5.74) is 0. The smallest absolute Gasteiger partial charge is 0.217 e. The SMILES string of the molecule is CC(=O)N[C@@H]1[C@@H](O)[C@H](O[C@@H]2O[C@H](CO[C@H]3O[C@H](CO)[C@@H](O)[C@H](O)[C@@H]3O[C@@H]3O[C@H](CO)[C@@H](O[C@@H]4O[C@H](CO)[C@H](O)[C@H](O)[C@H]4O)[C@H](O)[C@H]3NC(C)=O)[C@@H](O)[C@H](O)[C@@H]2O)[C@@H](CO)O[C@H]1O. The maximum atomic E-state index is 12.4. The van der Waals surface area contributed by atoms with E-state index in [1.54, 1.807) is 0 Å². The van der Waals surface area contributed by atoms with Crippen molar-refractivity contribution in [2.24, 2.45) is 0 Å². The Morgan fingerprint density at radius 1 is 0.419 bits per heavy atom. The first-order chi connectivity index (χ1) is 29.3. The van der Waals surface area contributed by atoms with Gasteiger partial charge in [-0.2, -0.15) is 0 Å². The molecule has 0 aliphatic carbocycles. The van der Waals surface area contributed by atoms with Crippen LogP contribution < -0.4 is 10.6 Å². The summed E-state index contributed by atoms with van der Waals surface area (Å²) >= 11 is 0. The van der Waals surface area contributed by atoms with Gasteiger partial charge in [-0.3, -0.25) is 9.59 Å². The lowest BCUT2D eigenvalue weighted by molar-refractivity contribution is -0.378. The molecule has 17 N–H and O–H groups in total. The van der Waals surface area contributed by atoms with E-state index in [9.17, 15) is 86.2 Å². The molecule has 0 aromatic carbocycles. The fourth-order valence-corrected chi connectivity index (χ4v) is 7.72. The average Bonchev–Trinajstić information content (AvgIpc) is 3.23. The van der Waals surface area contributed by atoms with Gasteiger partial charge < -0.3 is 130 Å². The molecule has 5 aliphatic rings. The number of rotatable bonds is 15. The number of ether oxygens (including phenoxy) is 9. The molecule has 62 heavy (non-hydrogen) atoms. The Morgan fingerprint density at radius 2 is 0.806 bits per heavy atom. The average molecular weight is 911 g/mol. The van der Waals surface area contributed by atoms with Crippen LogP contribution >= 0.6 is 0 Å². The first-order valence-electron chi connectivity index (χ1n) is 19.6. The van der Waals surface area contributed by atoms with E-state index in [-0.39, 0.29) is 0 Å². The van der Waals surface area contributed by atoms with Crippen LogP contribution in [0.3, 0.4) is 0 Å². The van der Waals surface area contributed by atoms with Crippen LogP contribution in [-0.2, 0) is 52.2 Å². The molecule has 5 fully saturated rings. The molecular weight excluding hydrogens is 852 g/mol. The normalized spacial score (nSPS) is 49.0. The highest BCUT2D eigenvalue weighted by Gasteiger charge is 2.56. The summed E-state index contributed by atoms with van der Waals surface area (Å²) < 4.78 is 50.8. The van der Waals surface area contributed by atoms with Crippen LogP contribution in [0.15, 0.2) is 0 Å². The van der Waals surface area contributed by atoms with Crippen molar-refractivity contribution in [3.8, 4) is 0 Å². The fraction of sp³-hybridized carbons (Fsp3) is 0.941. The lowest BCUT2D eigenvalue weighted by Gasteiger charge is -2.49. The van der Waals surface area contributed by atoms with Crippen molar-refractivity contribution in [2.45, 2.75) is 167 Å². The van der Waals surface area contributed by atoms with E-state index in [4.69, 9.17) is 42.6 Å². The summed E-state index contributed by atoms with van der Waals surface area (Å²) in [5, 5.41) is 162. The van der Waals surface area contributed by atoms with E-state index >= 15 is 0 Å². The highest BCUT2D eigenvalue weighted by molar-refractivity contribution is 5.73. The number of hydrogen-bond acceptors (Lipinski definition) is 26. The molecule has 28 nitrogen and oxygen atoms in total. The molecule has 5 heterocycles. The number of carbonyl (C=O) groups is 2. The lowest BCUT2D eigenvalue weighted by Crippen LogP contribution is -2.69. The molecule has 2 amide bonds. The van der Waals surface area contributed by atoms with Crippen LogP contribution in [0.5, 0.6) is 0 Å². The molecule has 0 aromatic heterocycles. The van der Waals surface area contributed by atoms with E-state index in [0.717, 1.165) is 13.8 Å². The zero-order valence-electron chi connectivity index (χ0n) is 33.2. The highest BCUT2D eigenvalue weighted by Crippen LogP contribution is 2.34. The largest absolute Gasteiger partial charge is 0.394 e. The molecule has 360 valence electrons. The summed E-state index contributed by atoms with van der Waals surface area (Å²) in [6.45, 7) is -2.28. The first kappa shape index (κ1) is 51.0. The van der Waals surface area contributed by atoms with Gasteiger partial charge in [-0.25, -0.2) is 0 Å². The molecule has 25 atom stereocenters. The Bertz CT molecular complexity index is 1440. The Kier molecular flexibility index (Phi) is 18.1. The Balaban J connectivity index is 1.34. The summed E-state index contributed by atoms with van der Waals surface area (Å²) in [6.07, 6.45) is -41.7. The number of aliphatic hydroxyl groups is 15. The maximum Gasteiger partial charge on any atom is 0.217 e. The van der Waals surface area contributed by atoms with E-state index in [1.165, 1.54) is 0 Å².